The maximum Gasteiger partial charge on any atom is 0.149 e. The van der Waals surface area contributed by atoms with Crippen LogP contribution in [0.15, 0.2) is 4.99 Å². The van der Waals surface area contributed by atoms with Crippen LogP contribution in [0.1, 0.15) is 39.5 Å². The van der Waals surface area contributed by atoms with Gasteiger partial charge in [0, 0.05) is 19.4 Å². The standard InChI is InChI=1S/C10H21N3O/c1-3-9(14)8(11)6-5-7-13-10(12)4-2/h8H,3-7,11H2,1-2H3,(H2,12,13). The van der Waals surface area contributed by atoms with Gasteiger partial charge in [0.2, 0.25) is 0 Å². The highest BCUT2D eigenvalue weighted by molar-refractivity contribution is 5.83. The SMILES string of the molecule is CCC(=O)C(N)CCCN=C(N)CC. The van der Waals surface area contributed by atoms with Crippen molar-refractivity contribution in [3.05, 3.63) is 0 Å². The van der Waals surface area contributed by atoms with Crippen LogP contribution in [0.3, 0.4) is 0 Å². The molecule has 0 aromatic carbocycles. The number of hydrogen-bond donors (Lipinski definition) is 2. The molecule has 0 heterocycles. The highest BCUT2D eigenvalue weighted by Crippen LogP contribution is 1.98. The van der Waals surface area contributed by atoms with E-state index in [1.165, 1.54) is 0 Å². The fraction of sp³-hybridized carbons (Fsp3) is 0.800. The summed E-state index contributed by atoms with van der Waals surface area (Å²) in [6, 6.07) is -0.321. The lowest BCUT2D eigenvalue weighted by atomic mass is 10.1. The van der Waals surface area contributed by atoms with Gasteiger partial charge in [0.05, 0.1) is 11.9 Å². The molecule has 1 unspecified atom stereocenters. The Bertz CT molecular complexity index is 202. The number of Topliss-reactive ketones (excluding diaryl/α,β-unsaturated/α-hetero) is 1. The van der Waals surface area contributed by atoms with Crippen molar-refractivity contribution >= 4 is 11.6 Å². The molecule has 82 valence electrons. The Morgan fingerprint density at radius 2 is 2.00 bits per heavy atom. The summed E-state index contributed by atoms with van der Waals surface area (Å²) in [7, 11) is 0. The molecule has 0 amide bonds. The van der Waals surface area contributed by atoms with E-state index in [0.29, 0.717) is 25.2 Å². The summed E-state index contributed by atoms with van der Waals surface area (Å²) in [6.07, 6.45) is 2.82. The lowest BCUT2D eigenvalue weighted by Gasteiger charge is -2.07. The number of carbonyl (C=O) groups is 1. The Morgan fingerprint density at radius 1 is 1.36 bits per heavy atom. The van der Waals surface area contributed by atoms with Gasteiger partial charge in [-0.1, -0.05) is 13.8 Å². The van der Waals surface area contributed by atoms with E-state index in [2.05, 4.69) is 4.99 Å². The van der Waals surface area contributed by atoms with Crippen LogP contribution in [-0.4, -0.2) is 24.2 Å². The van der Waals surface area contributed by atoms with Crippen LogP contribution in [0.2, 0.25) is 0 Å². The van der Waals surface area contributed by atoms with Gasteiger partial charge >= 0.3 is 0 Å². The molecule has 4 N–H and O–H groups in total. The van der Waals surface area contributed by atoms with E-state index < -0.39 is 0 Å². The number of nitrogens with two attached hydrogens (primary N) is 2. The quantitative estimate of drug-likeness (QED) is 0.362. The fourth-order valence-electron chi connectivity index (χ4n) is 1.07. The van der Waals surface area contributed by atoms with Gasteiger partial charge in [-0.2, -0.15) is 0 Å². The van der Waals surface area contributed by atoms with Crippen LogP contribution >= 0.6 is 0 Å². The van der Waals surface area contributed by atoms with E-state index in [-0.39, 0.29) is 11.8 Å². The minimum atomic E-state index is -0.321. The molecule has 0 radical (unpaired) electrons. The van der Waals surface area contributed by atoms with Crippen molar-refractivity contribution in [3.8, 4) is 0 Å². The van der Waals surface area contributed by atoms with Gasteiger partial charge in [0.25, 0.3) is 0 Å². The molecule has 0 aromatic rings. The molecule has 4 nitrogen and oxygen atoms in total. The summed E-state index contributed by atoms with van der Waals surface area (Å²) < 4.78 is 0. The third kappa shape index (κ3) is 5.70. The molecule has 0 bridgehead atoms. The van der Waals surface area contributed by atoms with Gasteiger partial charge in [-0.25, -0.2) is 0 Å². The van der Waals surface area contributed by atoms with E-state index in [4.69, 9.17) is 11.5 Å². The summed E-state index contributed by atoms with van der Waals surface area (Å²) in [6.45, 7) is 4.46. The van der Waals surface area contributed by atoms with Gasteiger partial charge in [-0.15, -0.1) is 0 Å². The molecule has 0 rings (SSSR count). The molecule has 4 heteroatoms. The van der Waals surface area contributed by atoms with Crippen LogP contribution in [0, 0.1) is 0 Å². The summed E-state index contributed by atoms with van der Waals surface area (Å²) in [4.78, 5) is 15.2. The minimum absolute atomic E-state index is 0.123. The van der Waals surface area contributed by atoms with Gasteiger partial charge < -0.3 is 11.5 Å². The predicted molar refractivity (Wildman–Crippen MR) is 59.3 cm³/mol. The Balaban J connectivity index is 3.59. The number of ketones is 1. The van der Waals surface area contributed by atoms with Crippen LogP contribution in [0.4, 0.5) is 0 Å². The fourth-order valence-corrected chi connectivity index (χ4v) is 1.07. The van der Waals surface area contributed by atoms with Crippen molar-refractivity contribution in [1.82, 2.24) is 0 Å². The van der Waals surface area contributed by atoms with Crippen molar-refractivity contribution in [2.24, 2.45) is 16.5 Å². The average Bonchev–Trinajstić information content (AvgIpc) is 2.22. The molecule has 0 aliphatic rings. The molecule has 0 aromatic heterocycles. The molecule has 0 aliphatic carbocycles. The molecule has 1 atom stereocenters. The molecule has 0 aliphatic heterocycles. The molecular formula is C10H21N3O. The van der Waals surface area contributed by atoms with Gasteiger partial charge in [0.1, 0.15) is 5.78 Å². The summed E-state index contributed by atoms with van der Waals surface area (Å²) in [5.74, 6) is 0.790. The first-order valence-electron chi connectivity index (χ1n) is 5.18. The predicted octanol–water partition coefficient (Wildman–Crippen LogP) is 0.840. The summed E-state index contributed by atoms with van der Waals surface area (Å²) >= 11 is 0. The highest BCUT2D eigenvalue weighted by atomic mass is 16.1. The van der Waals surface area contributed by atoms with E-state index in [1.807, 2.05) is 13.8 Å². The Kier molecular flexibility index (Phi) is 7.02. The Labute approximate surface area is 85.8 Å². The number of carbonyl (C=O) groups excluding carboxylic acids is 1. The number of aliphatic imine (C=N–C) groups is 1. The van der Waals surface area contributed by atoms with Gasteiger partial charge in [0.15, 0.2) is 0 Å². The van der Waals surface area contributed by atoms with E-state index in [0.717, 1.165) is 12.8 Å². The maximum absolute atomic E-state index is 11.1. The Hall–Kier alpha value is -0.900. The van der Waals surface area contributed by atoms with E-state index >= 15 is 0 Å². The summed E-state index contributed by atoms with van der Waals surface area (Å²) in [5, 5.41) is 0. The molecule has 0 saturated carbocycles. The molecule has 0 spiro atoms. The van der Waals surface area contributed by atoms with Crippen molar-refractivity contribution in [1.29, 1.82) is 0 Å². The lowest BCUT2D eigenvalue weighted by Crippen LogP contribution is -2.29. The highest BCUT2D eigenvalue weighted by Gasteiger charge is 2.09. The number of nitrogens with zero attached hydrogens (tertiary/aromatic N) is 1. The van der Waals surface area contributed by atoms with Crippen LogP contribution < -0.4 is 11.5 Å². The van der Waals surface area contributed by atoms with Crippen molar-refractivity contribution in [2.45, 2.75) is 45.6 Å². The third-order valence-corrected chi connectivity index (χ3v) is 2.11. The zero-order valence-corrected chi connectivity index (χ0v) is 9.12. The van der Waals surface area contributed by atoms with Crippen LogP contribution in [0.5, 0.6) is 0 Å². The maximum atomic E-state index is 11.1. The molecule has 0 fully saturated rings. The van der Waals surface area contributed by atoms with Crippen LogP contribution in [0.25, 0.3) is 0 Å². The normalized spacial score (nSPS) is 14.1. The average molecular weight is 199 g/mol. The second-order valence-electron chi connectivity index (χ2n) is 3.30. The number of amidine groups is 1. The smallest absolute Gasteiger partial charge is 0.149 e. The van der Waals surface area contributed by atoms with Crippen molar-refractivity contribution in [2.75, 3.05) is 6.54 Å². The van der Waals surface area contributed by atoms with Crippen molar-refractivity contribution < 1.29 is 4.79 Å². The zero-order chi connectivity index (χ0) is 11.0. The first kappa shape index (κ1) is 13.1. The third-order valence-electron chi connectivity index (χ3n) is 2.11. The van der Waals surface area contributed by atoms with Crippen molar-refractivity contribution in [3.63, 3.8) is 0 Å². The Morgan fingerprint density at radius 3 is 2.50 bits per heavy atom. The molecule has 0 saturated heterocycles. The minimum Gasteiger partial charge on any atom is -0.387 e. The summed E-state index contributed by atoms with van der Waals surface area (Å²) in [5.41, 5.74) is 11.2. The van der Waals surface area contributed by atoms with E-state index in [9.17, 15) is 4.79 Å². The van der Waals surface area contributed by atoms with Crippen LogP contribution in [-0.2, 0) is 4.79 Å². The molecular weight excluding hydrogens is 178 g/mol. The first-order valence-corrected chi connectivity index (χ1v) is 5.18. The van der Waals surface area contributed by atoms with Gasteiger partial charge in [-0.3, -0.25) is 9.79 Å². The second kappa shape index (κ2) is 7.50. The number of rotatable bonds is 7. The lowest BCUT2D eigenvalue weighted by molar-refractivity contribution is -0.120. The monoisotopic (exact) mass is 199 g/mol. The van der Waals surface area contributed by atoms with E-state index in [1.54, 1.807) is 0 Å². The second-order valence-corrected chi connectivity index (χ2v) is 3.30. The van der Waals surface area contributed by atoms with Gasteiger partial charge in [-0.05, 0) is 12.8 Å². The largest absolute Gasteiger partial charge is 0.387 e. The zero-order valence-electron chi connectivity index (χ0n) is 9.12. The topological polar surface area (TPSA) is 81.5 Å². The molecule has 14 heavy (non-hydrogen) atoms. The first-order chi connectivity index (χ1) is 6.61. The number of hydrogen-bond acceptors (Lipinski definition) is 3.